The maximum Gasteiger partial charge on any atom is 0.326 e. The maximum absolute atomic E-state index is 12.8. The number of carbonyl (C=O) groups excluding carboxylic acids is 1. The highest BCUT2D eigenvalue weighted by Crippen LogP contribution is 2.28. The second-order valence-corrected chi connectivity index (χ2v) is 6.35. The molecule has 1 atom stereocenters. The highest BCUT2D eigenvalue weighted by atomic mass is 32.1. The molecule has 0 aromatic carbocycles. The third-order valence-corrected chi connectivity index (χ3v) is 4.94. The predicted molar refractivity (Wildman–Crippen MR) is 84.2 cm³/mol. The van der Waals surface area contributed by atoms with E-state index >= 15 is 0 Å². The van der Waals surface area contributed by atoms with Crippen LogP contribution in [-0.4, -0.2) is 49.4 Å². The van der Waals surface area contributed by atoms with Gasteiger partial charge < -0.3 is 10.0 Å². The van der Waals surface area contributed by atoms with Gasteiger partial charge in [0.1, 0.15) is 10.9 Å². The smallest absolute Gasteiger partial charge is 0.326 e. The number of amides is 1. The second kappa shape index (κ2) is 6.41. The summed E-state index contributed by atoms with van der Waals surface area (Å²) in [5, 5.41) is 9.90. The summed E-state index contributed by atoms with van der Waals surface area (Å²) in [7, 11) is 0. The van der Waals surface area contributed by atoms with Gasteiger partial charge in [-0.1, -0.05) is 0 Å². The van der Waals surface area contributed by atoms with E-state index in [1.807, 2.05) is 0 Å². The Morgan fingerprint density at radius 1 is 1.30 bits per heavy atom. The number of carboxylic acids is 1. The van der Waals surface area contributed by atoms with Gasteiger partial charge in [-0.05, 0) is 32.3 Å². The summed E-state index contributed by atoms with van der Waals surface area (Å²) in [4.78, 5) is 38.7. The van der Waals surface area contributed by atoms with Gasteiger partial charge in [-0.15, -0.1) is 11.3 Å². The number of rotatable bonds is 3. The van der Waals surface area contributed by atoms with Crippen molar-refractivity contribution < 1.29 is 14.7 Å². The Balaban J connectivity index is 1.90. The number of carboxylic acid groups (broad SMARTS) is 1. The molecule has 0 radical (unpaired) electrons. The van der Waals surface area contributed by atoms with Crippen molar-refractivity contribution in [2.45, 2.75) is 32.2 Å². The molecule has 2 aromatic heterocycles. The minimum atomic E-state index is -0.952. The lowest BCUT2D eigenvalue weighted by Crippen LogP contribution is -2.47. The van der Waals surface area contributed by atoms with Crippen molar-refractivity contribution in [3.05, 3.63) is 29.0 Å². The summed E-state index contributed by atoms with van der Waals surface area (Å²) >= 11 is 1.21. The molecule has 2 aromatic rings. The Bertz CT molecular complexity index is 732. The van der Waals surface area contributed by atoms with E-state index in [4.69, 9.17) is 0 Å². The first-order valence-corrected chi connectivity index (χ1v) is 8.18. The molecule has 3 rings (SSSR count). The normalized spacial score (nSPS) is 18.0. The molecule has 1 saturated heterocycles. The van der Waals surface area contributed by atoms with E-state index in [1.54, 1.807) is 25.4 Å². The molecule has 7 nitrogen and oxygen atoms in total. The molecule has 3 heterocycles. The molecule has 1 aliphatic rings. The van der Waals surface area contributed by atoms with E-state index in [0.717, 1.165) is 12.8 Å². The zero-order valence-corrected chi connectivity index (χ0v) is 13.4. The van der Waals surface area contributed by atoms with Crippen LogP contribution in [0, 0.1) is 6.92 Å². The van der Waals surface area contributed by atoms with Crippen LogP contribution >= 0.6 is 11.3 Å². The van der Waals surface area contributed by atoms with Gasteiger partial charge in [0.2, 0.25) is 0 Å². The van der Waals surface area contributed by atoms with Crippen molar-refractivity contribution in [1.82, 2.24) is 19.9 Å². The summed E-state index contributed by atoms with van der Waals surface area (Å²) < 4.78 is 0. The van der Waals surface area contributed by atoms with E-state index in [-0.39, 0.29) is 5.91 Å². The highest BCUT2D eigenvalue weighted by Gasteiger charge is 2.34. The fourth-order valence-electron chi connectivity index (χ4n) is 2.66. The number of aliphatic carboxylic acids is 1. The van der Waals surface area contributed by atoms with Crippen LogP contribution in [0.15, 0.2) is 18.5 Å². The quantitative estimate of drug-likeness (QED) is 0.923. The Morgan fingerprint density at radius 3 is 2.74 bits per heavy atom. The van der Waals surface area contributed by atoms with E-state index in [9.17, 15) is 14.7 Å². The molecule has 0 bridgehead atoms. The minimum Gasteiger partial charge on any atom is -0.480 e. The van der Waals surface area contributed by atoms with Gasteiger partial charge in [0.15, 0.2) is 10.8 Å². The lowest BCUT2D eigenvalue weighted by atomic mass is 10.0. The van der Waals surface area contributed by atoms with Gasteiger partial charge in [0.25, 0.3) is 5.91 Å². The lowest BCUT2D eigenvalue weighted by Gasteiger charge is -2.32. The van der Waals surface area contributed by atoms with Gasteiger partial charge in [-0.25, -0.2) is 19.7 Å². The van der Waals surface area contributed by atoms with Crippen molar-refractivity contribution in [3.8, 4) is 10.8 Å². The highest BCUT2D eigenvalue weighted by molar-refractivity contribution is 7.17. The molecule has 1 fully saturated rings. The summed E-state index contributed by atoms with van der Waals surface area (Å²) in [6.45, 7) is 2.21. The Hall–Kier alpha value is -2.35. The SMILES string of the molecule is Cc1nc(-c2ncccn2)sc1C(=O)N1CCCCC1C(=O)O. The first-order chi connectivity index (χ1) is 11.1. The number of likely N-dealkylation sites (tertiary alicyclic amines) is 1. The largest absolute Gasteiger partial charge is 0.480 e. The van der Waals surface area contributed by atoms with Gasteiger partial charge >= 0.3 is 5.97 Å². The third kappa shape index (κ3) is 3.07. The van der Waals surface area contributed by atoms with Crippen molar-refractivity contribution in [2.24, 2.45) is 0 Å². The molecule has 23 heavy (non-hydrogen) atoms. The van der Waals surface area contributed by atoms with E-state index in [0.29, 0.717) is 34.4 Å². The molecule has 0 aliphatic carbocycles. The van der Waals surface area contributed by atoms with Crippen molar-refractivity contribution in [3.63, 3.8) is 0 Å². The number of hydrogen-bond acceptors (Lipinski definition) is 6. The Morgan fingerprint density at radius 2 is 2.04 bits per heavy atom. The van der Waals surface area contributed by atoms with Crippen LogP contribution in [0.5, 0.6) is 0 Å². The van der Waals surface area contributed by atoms with Crippen LogP contribution < -0.4 is 0 Å². The van der Waals surface area contributed by atoms with Gasteiger partial charge in [-0.2, -0.15) is 0 Å². The van der Waals surface area contributed by atoms with Crippen LogP contribution in [-0.2, 0) is 4.79 Å². The molecule has 8 heteroatoms. The number of carbonyl (C=O) groups is 2. The molecular formula is C15H16N4O3S. The monoisotopic (exact) mass is 332 g/mol. The molecule has 120 valence electrons. The van der Waals surface area contributed by atoms with Crippen LogP contribution in [0.4, 0.5) is 0 Å². The van der Waals surface area contributed by atoms with E-state index in [1.165, 1.54) is 16.2 Å². The number of aromatic nitrogens is 3. The zero-order valence-electron chi connectivity index (χ0n) is 12.6. The maximum atomic E-state index is 12.8. The average molecular weight is 332 g/mol. The Kier molecular flexibility index (Phi) is 4.33. The number of hydrogen-bond donors (Lipinski definition) is 1. The molecule has 0 saturated carbocycles. The van der Waals surface area contributed by atoms with Gasteiger partial charge in [0, 0.05) is 18.9 Å². The predicted octanol–water partition coefficient (Wildman–Crippen LogP) is 1.99. The van der Waals surface area contributed by atoms with Crippen LogP contribution in [0.2, 0.25) is 0 Å². The summed E-state index contributed by atoms with van der Waals surface area (Å²) in [5.41, 5.74) is 0.581. The van der Waals surface area contributed by atoms with Gasteiger partial charge in [-0.3, -0.25) is 4.79 Å². The molecule has 1 unspecified atom stereocenters. The van der Waals surface area contributed by atoms with E-state index in [2.05, 4.69) is 15.0 Å². The molecule has 1 aliphatic heterocycles. The van der Waals surface area contributed by atoms with Gasteiger partial charge in [0.05, 0.1) is 5.69 Å². The minimum absolute atomic E-state index is 0.269. The fourth-order valence-corrected chi connectivity index (χ4v) is 3.63. The van der Waals surface area contributed by atoms with E-state index < -0.39 is 12.0 Å². The standard InChI is InChI=1S/C15H16N4O3S/c1-9-11(23-13(18-9)12-16-6-4-7-17-12)14(20)19-8-3-2-5-10(19)15(21)22/h4,6-7,10H,2-3,5,8H2,1H3,(H,21,22). The number of piperidine rings is 1. The molecule has 0 spiro atoms. The molecular weight excluding hydrogens is 316 g/mol. The summed E-state index contributed by atoms with van der Waals surface area (Å²) in [6, 6.07) is 0.954. The van der Waals surface area contributed by atoms with Crippen molar-refractivity contribution in [2.75, 3.05) is 6.54 Å². The van der Waals surface area contributed by atoms with Crippen molar-refractivity contribution in [1.29, 1.82) is 0 Å². The third-order valence-electron chi connectivity index (χ3n) is 3.80. The topological polar surface area (TPSA) is 96.3 Å². The lowest BCUT2D eigenvalue weighted by molar-refractivity contribution is -0.143. The summed E-state index contributed by atoms with van der Waals surface area (Å²) in [6.07, 6.45) is 5.37. The van der Waals surface area contributed by atoms with Crippen LogP contribution in [0.1, 0.15) is 34.6 Å². The average Bonchev–Trinajstić information content (AvgIpc) is 2.97. The number of thiazole rings is 1. The van der Waals surface area contributed by atoms with Crippen LogP contribution in [0.3, 0.4) is 0 Å². The number of aryl methyl sites for hydroxylation is 1. The second-order valence-electron chi connectivity index (χ2n) is 5.35. The first kappa shape index (κ1) is 15.5. The molecule has 1 N–H and O–H groups in total. The number of nitrogens with zero attached hydrogens (tertiary/aromatic N) is 4. The van der Waals surface area contributed by atoms with Crippen molar-refractivity contribution >= 4 is 23.2 Å². The zero-order chi connectivity index (χ0) is 16.4. The molecule has 1 amide bonds. The fraction of sp³-hybridized carbons (Fsp3) is 0.400. The first-order valence-electron chi connectivity index (χ1n) is 7.36. The Labute approximate surface area is 137 Å². The van der Waals surface area contributed by atoms with Crippen LogP contribution in [0.25, 0.3) is 10.8 Å². The summed E-state index contributed by atoms with van der Waals surface area (Å²) in [5.74, 6) is -0.755.